The minimum Gasteiger partial charge on any atom is -0.381 e. The van der Waals surface area contributed by atoms with Gasteiger partial charge in [0.2, 0.25) is 0 Å². The summed E-state index contributed by atoms with van der Waals surface area (Å²) in [6.45, 7) is 3.74. The Hall–Kier alpha value is -1.07. The number of hydrogen-bond donors (Lipinski definition) is 2. The minimum atomic E-state index is 0.368. The molecule has 1 atom stereocenters. The van der Waals surface area contributed by atoms with Crippen LogP contribution in [0.3, 0.4) is 0 Å². The molecule has 2 aliphatic rings. The Morgan fingerprint density at radius 2 is 2.18 bits per heavy atom. The Labute approximate surface area is 101 Å². The summed E-state index contributed by atoms with van der Waals surface area (Å²) in [6, 6.07) is 2.55. The number of nitrogens with one attached hydrogen (secondary N) is 1. The number of anilines is 1. The highest BCUT2D eigenvalue weighted by Crippen LogP contribution is 2.27. The third-order valence-electron chi connectivity index (χ3n) is 3.82. The molecule has 2 fully saturated rings. The van der Waals surface area contributed by atoms with E-state index in [9.17, 15) is 0 Å². The van der Waals surface area contributed by atoms with Gasteiger partial charge in [0.1, 0.15) is 0 Å². The Balaban J connectivity index is 1.67. The zero-order valence-corrected chi connectivity index (χ0v) is 10.1. The van der Waals surface area contributed by atoms with E-state index >= 15 is 0 Å². The number of piperidine rings is 1. The van der Waals surface area contributed by atoms with E-state index in [0.717, 1.165) is 51.4 Å². The zero-order valence-electron chi connectivity index (χ0n) is 10.1. The average Bonchev–Trinajstić information content (AvgIpc) is 3.00. The van der Waals surface area contributed by atoms with Crippen molar-refractivity contribution in [2.75, 3.05) is 31.2 Å². The molecule has 0 spiro atoms. The van der Waals surface area contributed by atoms with Crippen molar-refractivity contribution < 1.29 is 4.74 Å². The maximum Gasteiger partial charge on any atom is 0.150 e. The second-order valence-corrected chi connectivity index (χ2v) is 5.07. The zero-order chi connectivity index (χ0) is 11.7. The summed E-state index contributed by atoms with van der Waals surface area (Å²) in [5.41, 5.74) is 7.12. The van der Waals surface area contributed by atoms with Gasteiger partial charge in [0.05, 0.1) is 6.61 Å². The highest BCUT2D eigenvalue weighted by Gasteiger charge is 2.22. The maximum atomic E-state index is 5.91. The van der Waals surface area contributed by atoms with Crippen LogP contribution in [-0.2, 0) is 4.74 Å². The second-order valence-electron chi connectivity index (χ2n) is 5.07. The molecule has 1 unspecified atom stereocenters. The lowest BCUT2D eigenvalue weighted by Crippen LogP contribution is -2.39. The van der Waals surface area contributed by atoms with Crippen molar-refractivity contribution in [1.29, 1.82) is 0 Å². The molecule has 1 aromatic rings. The van der Waals surface area contributed by atoms with Crippen molar-refractivity contribution in [2.24, 2.45) is 5.73 Å². The normalized spacial score (nSPS) is 26.6. The Bertz CT molecular complexity index is 364. The van der Waals surface area contributed by atoms with E-state index in [2.05, 4.69) is 21.2 Å². The van der Waals surface area contributed by atoms with E-state index < -0.39 is 0 Å². The smallest absolute Gasteiger partial charge is 0.150 e. The van der Waals surface area contributed by atoms with Crippen molar-refractivity contribution >= 4 is 5.82 Å². The van der Waals surface area contributed by atoms with Crippen LogP contribution in [0.15, 0.2) is 6.07 Å². The van der Waals surface area contributed by atoms with Crippen LogP contribution in [0.5, 0.6) is 0 Å². The van der Waals surface area contributed by atoms with Gasteiger partial charge in [-0.05, 0) is 19.3 Å². The first-order valence-electron chi connectivity index (χ1n) is 6.46. The van der Waals surface area contributed by atoms with Crippen LogP contribution in [0.25, 0.3) is 0 Å². The predicted octanol–water partition coefficient (Wildman–Crippen LogP) is 0.841. The first-order valence-corrected chi connectivity index (χ1v) is 6.46. The molecule has 0 bridgehead atoms. The van der Waals surface area contributed by atoms with Gasteiger partial charge in [-0.1, -0.05) is 0 Å². The molecule has 3 heterocycles. The van der Waals surface area contributed by atoms with Crippen molar-refractivity contribution in [1.82, 2.24) is 10.2 Å². The molecular formula is C12H20N4O. The van der Waals surface area contributed by atoms with Gasteiger partial charge in [-0.3, -0.25) is 5.10 Å². The third kappa shape index (κ3) is 2.30. The summed E-state index contributed by atoms with van der Waals surface area (Å²) >= 11 is 0. The van der Waals surface area contributed by atoms with Gasteiger partial charge >= 0.3 is 0 Å². The summed E-state index contributed by atoms with van der Waals surface area (Å²) in [4.78, 5) is 2.32. The number of H-pyrrole nitrogens is 1. The molecule has 0 saturated carbocycles. The van der Waals surface area contributed by atoms with Gasteiger partial charge in [-0.15, -0.1) is 0 Å². The van der Waals surface area contributed by atoms with E-state index in [0.29, 0.717) is 12.0 Å². The third-order valence-corrected chi connectivity index (χ3v) is 3.82. The number of aromatic amines is 1. The summed E-state index contributed by atoms with van der Waals surface area (Å²) < 4.78 is 5.40. The fraction of sp³-hybridized carbons (Fsp3) is 0.750. The fourth-order valence-corrected chi connectivity index (χ4v) is 2.60. The van der Waals surface area contributed by atoms with Gasteiger partial charge in [-0.25, -0.2) is 0 Å². The van der Waals surface area contributed by atoms with Gasteiger partial charge in [0.15, 0.2) is 5.82 Å². The molecule has 5 nitrogen and oxygen atoms in total. The summed E-state index contributed by atoms with van der Waals surface area (Å²) in [7, 11) is 0. The summed E-state index contributed by atoms with van der Waals surface area (Å²) in [6.07, 6.45) is 3.23. The molecule has 94 valence electrons. The van der Waals surface area contributed by atoms with Gasteiger partial charge < -0.3 is 15.4 Å². The number of aromatic nitrogens is 2. The molecule has 17 heavy (non-hydrogen) atoms. The predicted molar refractivity (Wildman–Crippen MR) is 66.2 cm³/mol. The van der Waals surface area contributed by atoms with Crippen LogP contribution in [0.2, 0.25) is 0 Å². The van der Waals surface area contributed by atoms with E-state index in [4.69, 9.17) is 10.5 Å². The van der Waals surface area contributed by atoms with E-state index in [-0.39, 0.29) is 0 Å². The molecule has 2 aliphatic heterocycles. The highest BCUT2D eigenvalue weighted by molar-refractivity contribution is 5.40. The molecule has 0 aliphatic carbocycles. The van der Waals surface area contributed by atoms with Crippen molar-refractivity contribution in [2.45, 2.75) is 31.2 Å². The molecule has 0 amide bonds. The Kier molecular flexibility index (Phi) is 3.03. The molecule has 3 N–H and O–H groups in total. The van der Waals surface area contributed by atoms with Crippen LogP contribution < -0.4 is 10.6 Å². The molecule has 2 saturated heterocycles. The molecule has 0 aromatic carbocycles. The minimum absolute atomic E-state index is 0.368. The summed E-state index contributed by atoms with van der Waals surface area (Å²) in [5.74, 6) is 1.57. The first-order chi connectivity index (χ1) is 8.33. The van der Waals surface area contributed by atoms with Crippen LogP contribution in [0.4, 0.5) is 5.82 Å². The average molecular weight is 236 g/mol. The molecular weight excluding hydrogens is 216 g/mol. The molecule has 3 rings (SSSR count). The number of rotatable bonds is 2. The molecule has 0 radical (unpaired) electrons. The number of nitrogens with zero attached hydrogens (tertiary/aromatic N) is 2. The monoisotopic (exact) mass is 236 g/mol. The SMILES string of the molecule is NC1CCN(c2cc(C3CCOC3)[nH]n2)CC1. The molecule has 1 aromatic heterocycles. The lowest BCUT2D eigenvalue weighted by molar-refractivity contribution is 0.193. The topological polar surface area (TPSA) is 67.2 Å². The fourth-order valence-electron chi connectivity index (χ4n) is 2.60. The van der Waals surface area contributed by atoms with Crippen molar-refractivity contribution in [3.63, 3.8) is 0 Å². The summed E-state index contributed by atoms with van der Waals surface area (Å²) in [5, 5.41) is 7.57. The standard InChI is InChI=1S/C12H20N4O/c13-10-1-4-16(5-2-10)12-7-11(14-15-12)9-3-6-17-8-9/h7,9-10H,1-6,8,13H2,(H,14,15). The second kappa shape index (κ2) is 4.66. The van der Waals surface area contributed by atoms with E-state index in [1.165, 1.54) is 5.69 Å². The maximum absolute atomic E-state index is 5.91. The largest absolute Gasteiger partial charge is 0.381 e. The van der Waals surface area contributed by atoms with Crippen LogP contribution in [-0.4, -0.2) is 42.5 Å². The van der Waals surface area contributed by atoms with E-state index in [1.807, 2.05) is 0 Å². The van der Waals surface area contributed by atoms with Gasteiger partial charge in [0.25, 0.3) is 0 Å². The Morgan fingerprint density at radius 3 is 2.88 bits per heavy atom. The van der Waals surface area contributed by atoms with Crippen LogP contribution in [0.1, 0.15) is 30.9 Å². The number of ether oxygens (including phenoxy) is 1. The van der Waals surface area contributed by atoms with E-state index in [1.54, 1.807) is 0 Å². The highest BCUT2D eigenvalue weighted by atomic mass is 16.5. The quantitative estimate of drug-likeness (QED) is 0.798. The number of nitrogens with two attached hydrogens (primary N) is 1. The number of hydrogen-bond acceptors (Lipinski definition) is 4. The first kappa shape index (κ1) is 11.0. The van der Waals surface area contributed by atoms with Crippen LogP contribution >= 0.6 is 0 Å². The van der Waals surface area contributed by atoms with Crippen molar-refractivity contribution in [3.8, 4) is 0 Å². The lowest BCUT2D eigenvalue weighted by atomic mass is 10.0. The molecule has 5 heteroatoms. The van der Waals surface area contributed by atoms with Crippen molar-refractivity contribution in [3.05, 3.63) is 11.8 Å². The Morgan fingerprint density at radius 1 is 1.35 bits per heavy atom. The van der Waals surface area contributed by atoms with Gasteiger partial charge in [-0.2, -0.15) is 5.10 Å². The van der Waals surface area contributed by atoms with Crippen LogP contribution in [0, 0.1) is 0 Å². The van der Waals surface area contributed by atoms with Gasteiger partial charge in [0, 0.05) is 43.4 Å². The lowest BCUT2D eigenvalue weighted by Gasteiger charge is -2.29.